The van der Waals surface area contributed by atoms with Crippen molar-refractivity contribution in [2.75, 3.05) is 6.54 Å². The Labute approximate surface area is 120 Å². The van der Waals surface area contributed by atoms with Crippen molar-refractivity contribution in [3.05, 3.63) is 29.3 Å². The molecule has 1 unspecified atom stereocenters. The fraction of sp³-hybridized carbons (Fsp3) is 0.562. The normalized spacial score (nSPS) is 19.9. The Morgan fingerprint density at radius 3 is 2.95 bits per heavy atom. The van der Waals surface area contributed by atoms with E-state index in [1.54, 1.807) is 6.07 Å². The van der Waals surface area contributed by atoms with Crippen LogP contribution in [-0.4, -0.2) is 33.7 Å². The average Bonchev–Trinajstić information content (AvgIpc) is 2.42. The molecular formula is C16H23NO3. The first kappa shape index (κ1) is 14.9. The van der Waals surface area contributed by atoms with Crippen molar-refractivity contribution in [3.63, 3.8) is 0 Å². The van der Waals surface area contributed by atoms with Gasteiger partial charge in [-0.2, -0.15) is 0 Å². The summed E-state index contributed by atoms with van der Waals surface area (Å²) in [5.74, 6) is -0.396. The Kier molecular flexibility index (Phi) is 5.01. The highest BCUT2D eigenvalue weighted by Crippen LogP contribution is 2.26. The minimum absolute atomic E-state index is 0.223. The number of phenolic OH excluding ortho intramolecular Hbond substituents is 1. The third kappa shape index (κ3) is 3.97. The van der Waals surface area contributed by atoms with Crippen LogP contribution in [0.15, 0.2) is 18.2 Å². The number of hydrogen-bond acceptors (Lipinski definition) is 3. The van der Waals surface area contributed by atoms with Gasteiger partial charge in [-0.1, -0.05) is 24.1 Å². The van der Waals surface area contributed by atoms with E-state index < -0.39 is 5.97 Å². The lowest BCUT2D eigenvalue weighted by Crippen LogP contribution is -2.39. The van der Waals surface area contributed by atoms with Crippen molar-refractivity contribution in [1.82, 2.24) is 4.90 Å². The van der Waals surface area contributed by atoms with Crippen molar-refractivity contribution in [3.8, 4) is 5.75 Å². The van der Waals surface area contributed by atoms with Crippen molar-refractivity contribution in [2.45, 2.75) is 51.6 Å². The first-order valence-electron chi connectivity index (χ1n) is 7.30. The molecule has 0 bridgehead atoms. The first-order chi connectivity index (χ1) is 9.56. The quantitative estimate of drug-likeness (QED) is 0.868. The summed E-state index contributed by atoms with van der Waals surface area (Å²) < 4.78 is 0. The zero-order chi connectivity index (χ0) is 14.5. The Balaban J connectivity index is 2.04. The second kappa shape index (κ2) is 6.75. The number of phenols is 1. The summed E-state index contributed by atoms with van der Waals surface area (Å²) in [6.07, 6.45) is 4.29. The predicted octanol–water partition coefficient (Wildman–Crippen LogP) is 2.92. The molecule has 20 heavy (non-hydrogen) atoms. The lowest BCUT2D eigenvalue weighted by molar-refractivity contribution is -0.137. The van der Waals surface area contributed by atoms with Crippen LogP contribution in [0.5, 0.6) is 5.75 Å². The molecule has 0 aliphatic carbocycles. The minimum atomic E-state index is -0.728. The van der Waals surface area contributed by atoms with Crippen molar-refractivity contribution in [1.29, 1.82) is 0 Å². The highest BCUT2D eigenvalue weighted by molar-refractivity contribution is 5.66. The molecule has 1 atom stereocenters. The molecule has 1 heterocycles. The largest absolute Gasteiger partial charge is 0.508 e. The van der Waals surface area contributed by atoms with E-state index in [0.717, 1.165) is 30.5 Å². The van der Waals surface area contributed by atoms with Gasteiger partial charge in [-0.25, -0.2) is 0 Å². The molecule has 1 aromatic rings. The van der Waals surface area contributed by atoms with Crippen LogP contribution in [0.3, 0.4) is 0 Å². The fourth-order valence-electron chi connectivity index (χ4n) is 2.94. The molecule has 0 radical (unpaired) electrons. The van der Waals surface area contributed by atoms with Gasteiger partial charge in [0, 0.05) is 24.6 Å². The van der Waals surface area contributed by atoms with Crippen LogP contribution in [0.2, 0.25) is 0 Å². The zero-order valence-corrected chi connectivity index (χ0v) is 12.0. The summed E-state index contributed by atoms with van der Waals surface area (Å²) >= 11 is 0. The SMILES string of the molecule is Cc1ccc(O)c(CN2CCCCC2CCC(=O)O)c1. The molecule has 1 saturated heterocycles. The number of aliphatic carboxylic acids is 1. The smallest absolute Gasteiger partial charge is 0.303 e. The highest BCUT2D eigenvalue weighted by Gasteiger charge is 2.23. The van der Waals surface area contributed by atoms with Gasteiger partial charge in [-0.15, -0.1) is 0 Å². The number of hydrogen-bond donors (Lipinski definition) is 2. The van der Waals surface area contributed by atoms with Gasteiger partial charge >= 0.3 is 5.97 Å². The number of aromatic hydroxyl groups is 1. The van der Waals surface area contributed by atoms with E-state index in [4.69, 9.17) is 5.11 Å². The summed E-state index contributed by atoms with van der Waals surface area (Å²) in [6.45, 7) is 3.70. The van der Waals surface area contributed by atoms with Crippen LogP contribution in [0.25, 0.3) is 0 Å². The van der Waals surface area contributed by atoms with Gasteiger partial charge in [-0.05, 0) is 38.8 Å². The third-order valence-electron chi connectivity index (χ3n) is 4.05. The summed E-state index contributed by atoms with van der Waals surface area (Å²) in [5.41, 5.74) is 2.07. The second-order valence-corrected chi connectivity index (χ2v) is 5.68. The molecule has 1 aliphatic heterocycles. The maximum Gasteiger partial charge on any atom is 0.303 e. The number of carboxylic acids is 1. The van der Waals surface area contributed by atoms with Crippen LogP contribution in [0.1, 0.15) is 43.2 Å². The summed E-state index contributed by atoms with van der Waals surface area (Å²) in [4.78, 5) is 13.1. The molecule has 4 nitrogen and oxygen atoms in total. The maximum atomic E-state index is 10.7. The minimum Gasteiger partial charge on any atom is -0.508 e. The second-order valence-electron chi connectivity index (χ2n) is 5.68. The zero-order valence-electron chi connectivity index (χ0n) is 12.0. The van der Waals surface area contributed by atoms with Gasteiger partial charge in [0.25, 0.3) is 0 Å². The molecule has 0 spiro atoms. The lowest BCUT2D eigenvalue weighted by atomic mass is 9.97. The number of piperidine rings is 1. The van der Waals surface area contributed by atoms with Crippen LogP contribution in [0, 0.1) is 6.92 Å². The average molecular weight is 277 g/mol. The van der Waals surface area contributed by atoms with E-state index in [0.29, 0.717) is 24.8 Å². The number of carboxylic acid groups (broad SMARTS) is 1. The van der Waals surface area contributed by atoms with Gasteiger partial charge in [-0.3, -0.25) is 9.69 Å². The molecule has 2 N–H and O–H groups in total. The van der Waals surface area contributed by atoms with Crippen LogP contribution in [-0.2, 0) is 11.3 Å². The number of benzene rings is 1. The number of carbonyl (C=O) groups is 1. The van der Waals surface area contributed by atoms with E-state index in [2.05, 4.69) is 4.90 Å². The molecule has 2 rings (SSSR count). The monoisotopic (exact) mass is 277 g/mol. The molecule has 4 heteroatoms. The van der Waals surface area contributed by atoms with Crippen LogP contribution >= 0.6 is 0 Å². The van der Waals surface area contributed by atoms with Crippen LogP contribution < -0.4 is 0 Å². The van der Waals surface area contributed by atoms with E-state index >= 15 is 0 Å². The van der Waals surface area contributed by atoms with Gasteiger partial charge < -0.3 is 10.2 Å². The van der Waals surface area contributed by atoms with Gasteiger partial charge in [0.15, 0.2) is 0 Å². The van der Waals surface area contributed by atoms with E-state index in [1.165, 1.54) is 6.42 Å². The van der Waals surface area contributed by atoms with E-state index in [9.17, 15) is 9.90 Å². The number of aryl methyl sites for hydroxylation is 1. The van der Waals surface area contributed by atoms with Gasteiger partial charge in [0.05, 0.1) is 0 Å². The van der Waals surface area contributed by atoms with E-state index in [1.807, 2.05) is 19.1 Å². The Hall–Kier alpha value is -1.55. The number of nitrogens with zero attached hydrogens (tertiary/aromatic N) is 1. The fourth-order valence-corrected chi connectivity index (χ4v) is 2.94. The van der Waals surface area contributed by atoms with Crippen molar-refractivity contribution in [2.24, 2.45) is 0 Å². The number of likely N-dealkylation sites (tertiary alicyclic amines) is 1. The lowest BCUT2D eigenvalue weighted by Gasteiger charge is -2.35. The third-order valence-corrected chi connectivity index (χ3v) is 4.05. The first-order valence-corrected chi connectivity index (χ1v) is 7.30. The topological polar surface area (TPSA) is 60.8 Å². The molecule has 1 aliphatic rings. The Morgan fingerprint density at radius 1 is 1.40 bits per heavy atom. The standard InChI is InChI=1S/C16H23NO3/c1-12-5-7-15(18)13(10-12)11-17-9-3-2-4-14(17)6-8-16(19)20/h5,7,10,14,18H,2-4,6,8-9,11H2,1H3,(H,19,20). The maximum absolute atomic E-state index is 10.7. The Bertz CT molecular complexity index is 473. The predicted molar refractivity (Wildman–Crippen MR) is 77.8 cm³/mol. The molecule has 110 valence electrons. The summed E-state index contributed by atoms with van der Waals surface area (Å²) in [7, 11) is 0. The molecule has 1 aromatic carbocycles. The summed E-state index contributed by atoms with van der Waals surface area (Å²) in [5, 5.41) is 18.8. The summed E-state index contributed by atoms with van der Waals surface area (Å²) in [6, 6.07) is 5.97. The molecule has 0 amide bonds. The van der Waals surface area contributed by atoms with Crippen LogP contribution in [0.4, 0.5) is 0 Å². The molecule has 0 saturated carbocycles. The van der Waals surface area contributed by atoms with Gasteiger partial charge in [0.2, 0.25) is 0 Å². The van der Waals surface area contributed by atoms with Crippen molar-refractivity contribution >= 4 is 5.97 Å². The Morgan fingerprint density at radius 2 is 2.20 bits per heavy atom. The van der Waals surface area contributed by atoms with Crippen molar-refractivity contribution < 1.29 is 15.0 Å². The molecule has 1 fully saturated rings. The molecular weight excluding hydrogens is 254 g/mol. The van der Waals surface area contributed by atoms with E-state index in [-0.39, 0.29) is 6.42 Å². The van der Waals surface area contributed by atoms with Gasteiger partial charge in [0.1, 0.15) is 5.75 Å². The highest BCUT2D eigenvalue weighted by atomic mass is 16.4. The number of rotatable bonds is 5. The molecule has 0 aromatic heterocycles.